The van der Waals surface area contributed by atoms with Gasteiger partial charge in [0.2, 0.25) is 0 Å². The summed E-state index contributed by atoms with van der Waals surface area (Å²) in [7, 11) is 3.92. The highest BCUT2D eigenvalue weighted by Gasteiger charge is 2.31. The van der Waals surface area contributed by atoms with E-state index in [-0.39, 0.29) is 30.3 Å². The lowest BCUT2D eigenvalue weighted by molar-refractivity contribution is 0.00984. The maximum Gasteiger partial charge on any atom is 0.410 e. The van der Waals surface area contributed by atoms with E-state index in [9.17, 15) is 14.4 Å². The number of ether oxygens (including phenoxy) is 1. The topological polar surface area (TPSA) is 104 Å². The highest BCUT2D eigenvalue weighted by atomic mass is 16.6. The molecule has 1 aliphatic rings. The number of hydrogen-bond donors (Lipinski definition) is 2. The molecule has 9 nitrogen and oxygen atoms in total. The third-order valence-corrected chi connectivity index (χ3v) is 6.65. The van der Waals surface area contributed by atoms with E-state index in [0.717, 1.165) is 35.7 Å². The smallest absolute Gasteiger partial charge is 0.410 e. The van der Waals surface area contributed by atoms with Crippen molar-refractivity contribution < 1.29 is 19.1 Å². The van der Waals surface area contributed by atoms with Crippen molar-refractivity contribution in [2.24, 2.45) is 0 Å². The van der Waals surface area contributed by atoms with E-state index >= 15 is 0 Å². The monoisotopic (exact) mass is 531 g/mol. The standard InChI is InChI=1S/C30H37N5O4/c1-30(2,3)39-29(38)35-18-9-8-11-20(35)19-32-28(37)26-24(14-10-17-31-26)33-27(36)23-15-16-25(34(4)5)22-13-7-6-12-21(22)23/h6-7,10,12-17,20H,8-9,11,18-19H2,1-5H3,(H,32,37)(H,33,36). The van der Waals surface area contributed by atoms with E-state index in [4.69, 9.17) is 4.74 Å². The molecule has 0 radical (unpaired) electrons. The van der Waals surface area contributed by atoms with Gasteiger partial charge in [0, 0.05) is 50.0 Å². The van der Waals surface area contributed by atoms with Crippen molar-refractivity contribution in [1.29, 1.82) is 0 Å². The second kappa shape index (κ2) is 11.7. The Bertz CT molecular complexity index is 1360. The van der Waals surface area contributed by atoms with Crippen molar-refractivity contribution in [2.45, 2.75) is 51.7 Å². The molecule has 0 bridgehead atoms. The number of rotatable bonds is 6. The number of pyridine rings is 1. The van der Waals surface area contributed by atoms with Gasteiger partial charge in [-0.15, -0.1) is 0 Å². The molecule has 0 aliphatic carbocycles. The number of carbonyl (C=O) groups is 3. The van der Waals surface area contributed by atoms with Crippen LogP contribution in [0.1, 0.15) is 60.9 Å². The second-order valence-electron chi connectivity index (χ2n) is 11.0. The number of nitrogens with one attached hydrogen (secondary N) is 2. The van der Waals surface area contributed by atoms with Gasteiger partial charge in [-0.25, -0.2) is 9.78 Å². The van der Waals surface area contributed by atoms with Crippen molar-refractivity contribution in [1.82, 2.24) is 15.2 Å². The number of amides is 3. The van der Waals surface area contributed by atoms with Crippen molar-refractivity contribution in [3.05, 3.63) is 66.0 Å². The fourth-order valence-corrected chi connectivity index (χ4v) is 4.82. The number of nitrogens with zero attached hydrogens (tertiary/aromatic N) is 3. The summed E-state index contributed by atoms with van der Waals surface area (Å²) < 4.78 is 5.57. The normalized spacial score (nSPS) is 15.5. The maximum absolute atomic E-state index is 13.4. The summed E-state index contributed by atoms with van der Waals surface area (Å²) in [4.78, 5) is 47.3. The summed E-state index contributed by atoms with van der Waals surface area (Å²) in [6.45, 7) is 6.35. The van der Waals surface area contributed by atoms with Crippen LogP contribution in [0.4, 0.5) is 16.2 Å². The van der Waals surface area contributed by atoms with E-state index in [0.29, 0.717) is 17.8 Å². The Labute approximate surface area is 229 Å². The second-order valence-corrected chi connectivity index (χ2v) is 11.0. The number of hydrogen-bond acceptors (Lipinski definition) is 6. The summed E-state index contributed by atoms with van der Waals surface area (Å²) in [5, 5.41) is 7.57. The number of carbonyl (C=O) groups excluding carboxylic acids is 3. The summed E-state index contributed by atoms with van der Waals surface area (Å²) >= 11 is 0. The van der Waals surface area contributed by atoms with Crippen LogP contribution >= 0.6 is 0 Å². The van der Waals surface area contributed by atoms with Crippen LogP contribution in [0.2, 0.25) is 0 Å². The molecule has 9 heteroatoms. The number of anilines is 2. The SMILES string of the molecule is CN(C)c1ccc(C(=O)Nc2cccnc2C(=O)NCC2CCCCN2C(=O)OC(C)(C)C)c2ccccc12. The lowest BCUT2D eigenvalue weighted by Crippen LogP contribution is -2.50. The van der Waals surface area contributed by atoms with Gasteiger partial charge in [0.1, 0.15) is 5.60 Å². The van der Waals surface area contributed by atoms with E-state index in [1.165, 1.54) is 6.20 Å². The number of likely N-dealkylation sites (tertiary alicyclic amines) is 1. The molecule has 3 amide bonds. The van der Waals surface area contributed by atoms with Crippen LogP contribution in [0.5, 0.6) is 0 Å². The zero-order valence-corrected chi connectivity index (χ0v) is 23.3. The molecular formula is C30H37N5O4. The molecule has 39 heavy (non-hydrogen) atoms. The number of fused-ring (bicyclic) bond motifs is 1. The average Bonchev–Trinajstić information content (AvgIpc) is 2.90. The van der Waals surface area contributed by atoms with Crippen molar-refractivity contribution in [3.63, 3.8) is 0 Å². The van der Waals surface area contributed by atoms with Gasteiger partial charge in [0.25, 0.3) is 11.8 Å². The predicted octanol–water partition coefficient (Wildman–Crippen LogP) is 5.07. The Morgan fingerprint density at radius 2 is 1.74 bits per heavy atom. The Morgan fingerprint density at radius 1 is 1.00 bits per heavy atom. The molecule has 1 fully saturated rings. The van der Waals surface area contributed by atoms with Crippen molar-refractivity contribution in [2.75, 3.05) is 37.4 Å². The van der Waals surface area contributed by atoms with E-state index in [1.54, 1.807) is 23.1 Å². The molecular weight excluding hydrogens is 494 g/mol. The molecule has 1 aliphatic heterocycles. The minimum Gasteiger partial charge on any atom is -0.444 e. The Balaban J connectivity index is 1.49. The molecule has 2 heterocycles. The summed E-state index contributed by atoms with van der Waals surface area (Å²) in [6, 6.07) is 14.6. The minimum atomic E-state index is -0.596. The largest absolute Gasteiger partial charge is 0.444 e. The van der Waals surface area contributed by atoms with Crippen LogP contribution in [0.15, 0.2) is 54.7 Å². The van der Waals surface area contributed by atoms with E-state index in [2.05, 4.69) is 15.6 Å². The molecule has 1 unspecified atom stereocenters. The summed E-state index contributed by atoms with van der Waals surface area (Å²) in [5.74, 6) is -0.754. The molecule has 0 spiro atoms. The van der Waals surface area contributed by atoms with E-state index in [1.807, 2.05) is 70.1 Å². The third kappa shape index (κ3) is 6.66. The van der Waals surface area contributed by atoms with Crippen molar-refractivity contribution in [3.8, 4) is 0 Å². The molecule has 206 valence electrons. The van der Waals surface area contributed by atoms with Crippen LogP contribution < -0.4 is 15.5 Å². The number of benzene rings is 2. The predicted molar refractivity (Wildman–Crippen MR) is 153 cm³/mol. The lowest BCUT2D eigenvalue weighted by Gasteiger charge is -2.36. The third-order valence-electron chi connectivity index (χ3n) is 6.65. The first-order chi connectivity index (χ1) is 18.5. The number of aromatic nitrogens is 1. The molecule has 2 N–H and O–H groups in total. The van der Waals surface area contributed by atoms with E-state index < -0.39 is 11.5 Å². The number of piperidine rings is 1. The van der Waals surface area contributed by atoms with Gasteiger partial charge in [0.15, 0.2) is 5.69 Å². The zero-order valence-electron chi connectivity index (χ0n) is 23.3. The van der Waals surface area contributed by atoms with Crippen LogP contribution in [0, 0.1) is 0 Å². The quantitative estimate of drug-likeness (QED) is 0.460. The highest BCUT2D eigenvalue weighted by Crippen LogP contribution is 2.29. The van der Waals surface area contributed by atoms with Gasteiger partial charge in [-0.05, 0) is 69.7 Å². The minimum absolute atomic E-state index is 0.111. The Kier molecular flexibility index (Phi) is 8.38. The van der Waals surface area contributed by atoms with Gasteiger partial charge >= 0.3 is 6.09 Å². The maximum atomic E-state index is 13.4. The van der Waals surface area contributed by atoms with Crippen LogP contribution in [0.25, 0.3) is 10.8 Å². The van der Waals surface area contributed by atoms with Crippen LogP contribution in [0.3, 0.4) is 0 Å². The molecule has 3 aromatic rings. The molecule has 1 saturated heterocycles. The first kappa shape index (κ1) is 27.9. The van der Waals surface area contributed by atoms with Crippen molar-refractivity contribution >= 4 is 40.1 Å². The molecule has 2 aromatic carbocycles. The van der Waals surface area contributed by atoms with Gasteiger partial charge in [-0.2, -0.15) is 0 Å². The first-order valence-electron chi connectivity index (χ1n) is 13.3. The fourth-order valence-electron chi connectivity index (χ4n) is 4.82. The molecule has 1 atom stereocenters. The lowest BCUT2D eigenvalue weighted by atomic mass is 10.0. The molecule has 1 aromatic heterocycles. The van der Waals surface area contributed by atoms with Gasteiger partial charge in [0.05, 0.1) is 11.7 Å². The Hall–Kier alpha value is -4.14. The van der Waals surface area contributed by atoms with Crippen LogP contribution in [-0.2, 0) is 4.74 Å². The van der Waals surface area contributed by atoms with Gasteiger partial charge in [-0.1, -0.05) is 24.3 Å². The Morgan fingerprint density at radius 3 is 2.46 bits per heavy atom. The summed E-state index contributed by atoms with van der Waals surface area (Å²) in [5.41, 5.74) is 1.34. The first-order valence-corrected chi connectivity index (χ1v) is 13.3. The molecule has 0 saturated carbocycles. The van der Waals surface area contributed by atoms with Gasteiger partial charge in [-0.3, -0.25) is 9.59 Å². The zero-order chi connectivity index (χ0) is 28.2. The van der Waals surface area contributed by atoms with Crippen LogP contribution in [-0.4, -0.2) is 66.6 Å². The highest BCUT2D eigenvalue weighted by molar-refractivity contribution is 6.16. The van der Waals surface area contributed by atoms with Gasteiger partial charge < -0.3 is 25.2 Å². The fraction of sp³-hybridized carbons (Fsp3) is 0.400. The average molecular weight is 532 g/mol. The molecule has 4 rings (SSSR count). The summed E-state index contributed by atoms with van der Waals surface area (Å²) in [6.07, 6.45) is 3.76.